The molecule has 94 valence electrons. The Morgan fingerprint density at radius 1 is 1.69 bits per heavy atom. The van der Waals surface area contributed by atoms with E-state index in [-0.39, 0.29) is 5.91 Å². The van der Waals surface area contributed by atoms with E-state index in [1.54, 1.807) is 4.90 Å². The first-order chi connectivity index (χ1) is 7.63. The standard InChI is InChI=1S/C11H22N2O3/c1-3-16-8-10(14)6-12-9-4-5-11(15)13(2)7-9/h9-10,12,14H,3-8H2,1-2H3. The molecule has 1 amide bonds. The van der Waals surface area contributed by atoms with Crippen molar-refractivity contribution in [3.8, 4) is 0 Å². The zero-order valence-corrected chi connectivity index (χ0v) is 10.1. The number of aliphatic hydroxyl groups is 1. The minimum absolute atomic E-state index is 0.202. The molecule has 0 aromatic carbocycles. The maximum absolute atomic E-state index is 11.2. The molecule has 0 aromatic heterocycles. The van der Waals surface area contributed by atoms with Crippen molar-refractivity contribution in [3.05, 3.63) is 0 Å². The Hall–Kier alpha value is -0.650. The second-order valence-corrected chi connectivity index (χ2v) is 4.23. The van der Waals surface area contributed by atoms with Crippen LogP contribution in [0.5, 0.6) is 0 Å². The van der Waals surface area contributed by atoms with Gasteiger partial charge in [0.25, 0.3) is 0 Å². The van der Waals surface area contributed by atoms with Gasteiger partial charge in [-0.05, 0) is 13.3 Å². The number of carbonyl (C=O) groups is 1. The molecule has 2 unspecified atom stereocenters. The average Bonchev–Trinajstić information content (AvgIpc) is 2.28. The third-order valence-corrected chi connectivity index (χ3v) is 2.78. The van der Waals surface area contributed by atoms with Crippen LogP contribution in [0.3, 0.4) is 0 Å². The molecule has 0 spiro atoms. The second kappa shape index (κ2) is 6.83. The van der Waals surface area contributed by atoms with Crippen molar-refractivity contribution < 1.29 is 14.6 Å². The van der Waals surface area contributed by atoms with Gasteiger partial charge in [0.1, 0.15) is 0 Å². The Balaban J connectivity index is 2.15. The molecular weight excluding hydrogens is 208 g/mol. The molecule has 5 nitrogen and oxygen atoms in total. The first-order valence-corrected chi connectivity index (χ1v) is 5.86. The number of piperidine rings is 1. The van der Waals surface area contributed by atoms with Gasteiger partial charge >= 0.3 is 0 Å². The van der Waals surface area contributed by atoms with Crippen molar-refractivity contribution in [2.75, 3.05) is 33.4 Å². The number of amides is 1. The number of likely N-dealkylation sites (tertiary alicyclic amines) is 1. The summed E-state index contributed by atoms with van der Waals surface area (Å²) in [6.07, 6.45) is 0.975. The third-order valence-electron chi connectivity index (χ3n) is 2.78. The molecule has 0 aliphatic carbocycles. The minimum atomic E-state index is -0.470. The highest BCUT2D eigenvalue weighted by Gasteiger charge is 2.22. The first-order valence-electron chi connectivity index (χ1n) is 5.86. The van der Waals surface area contributed by atoms with Crippen molar-refractivity contribution in [2.45, 2.75) is 31.9 Å². The summed E-state index contributed by atoms with van der Waals surface area (Å²) in [6.45, 7) is 4.14. The maximum Gasteiger partial charge on any atom is 0.222 e. The predicted molar refractivity (Wildman–Crippen MR) is 61.2 cm³/mol. The van der Waals surface area contributed by atoms with Gasteiger partial charge in [0.15, 0.2) is 0 Å². The number of ether oxygens (including phenoxy) is 1. The van der Waals surface area contributed by atoms with E-state index in [1.165, 1.54) is 0 Å². The lowest BCUT2D eigenvalue weighted by molar-refractivity contribution is -0.132. The normalized spacial score (nSPS) is 23.6. The average molecular weight is 230 g/mol. The van der Waals surface area contributed by atoms with Crippen LogP contribution < -0.4 is 5.32 Å². The minimum Gasteiger partial charge on any atom is -0.389 e. The molecule has 0 saturated carbocycles. The van der Waals surface area contributed by atoms with Crippen molar-refractivity contribution in [1.82, 2.24) is 10.2 Å². The summed E-state index contributed by atoms with van der Waals surface area (Å²) in [5.74, 6) is 0.202. The Morgan fingerprint density at radius 2 is 2.44 bits per heavy atom. The SMILES string of the molecule is CCOCC(O)CNC1CCC(=O)N(C)C1. The van der Waals surface area contributed by atoms with Gasteiger partial charge < -0.3 is 20.1 Å². The Labute approximate surface area is 96.8 Å². The monoisotopic (exact) mass is 230 g/mol. The van der Waals surface area contributed by atoms with Crippen LogP contribution in [0.1, 0.15) is 19.8 Å². The topological polar surface area (TPSA) is 61.8 Å². The highest BCUT2D eigenvalue weighted by atomic mass is 16.5. The van der Waals surface area contributed by atoms with Crippen molar-refractivity contribution in [3.63, 3.8) is 0 Å². The van der Waals surface area contributed by atoms with E-state index in [0.717, 1.165) is 13.0 Å². The van der Waals surface area contributed by atoms with Crippen LogP contribution >= 0.6 is 0 Å². The number of nitrogens with one attached hydrogen (secondary N) is 1. The largest absolute Gasteiger partial charge is 0.389 e. The second-order valence-electron chi connectivity index (χ2n) is 4.23. The van der Waals surface area contributed by atoms with Crippen molar-refractivity contribution in [2.24, 2.45) is 0 Å². The number of likely N-dealkylation sites (N-methyl/N-ethyl adjacent to an activating group) is 1. The lowest BCUT2D eigenvalue weighted by Gasteiger charge is -2.30. The van der Waals surface area contributed by atoms with Gasteiger partial charge in [-0.2, -0.15) is 0 Å². The summed E-state index contributed by atoms with van der Waals surface area (Å²) in [5, 5.41) is 12.8. The molecule has 0 bridgehead atoms. The molecule has 2 atom stereocenters. The van der Waals surface area contributed by atoms with E-state index in [2.05, 4.69) is 5.32 Å². The number of carbonyl (C=O) groups excluding carboxylic acids is 1. The van der Waals surface area contributed by atoms with Gasteiger partial charge in [-0.1, -0.05) is 0 Å². The van der Waals surface area contributed by atoms with Crippen molar-refractivity contribution >= 4 is 5.91 Å². The van der Waals surface area contributed by atoms with Crippen LogP contribution in [0.25, 0.3) is 0 Å². The quantitative estimate of drug-likeness (QED) is 0.651. The molecule has 0 aromatic rings. The fraction of sp³-hybridized carbons (Fsp3) is 0.909. The molecule has 1 fully saturated rings. The van der Waals surface area contributed by atoms with Gasteiger partial charge in [-0.25, -0.2) is 0 Å². The Bertz CT molecular complexity index is 223. The van der Waals surface area contributed by atoms with Crippen LogP contribution in [-0.4, -0.2) is 61.4 Å². The highest BCUT2D eigenvalue weighted by molar-refractivity contribution is 5.76. The lowest BCUT2D eigenvalue weighted by Crippen LogP contribution is -2.48. The molecule has 1 rings (SSSR count). The van der Waals surface area contributed by atoms with Crippen LogP contribution in [0.2, 0.25) is 0 Å². The maximum atomic E-state index is 11.2. The van der Waals surface area contributed by atoms with Crippen LogP contribution in [0.4, 0.5) is 0 Å². The lowest BCUT2D eigenvalue weighted by atomic mass is 10.1. The fourth-order valence-corrected chi connectivity index (χ4v) is 1.79. The highest BCUT2D eigenvalue weighted by Crippen LogP contribution is 2.09. The van der Waals surface area contributed by atoms with Gasteiger partial charge in [-0.3, -0.25) is 4.79 Å². The predicted octanol–water partition coefficient (Wildman–Crippen LogP) is -0.406. The summed E-state index contributed by atoms with van der Waals surface area (Å²) < 4.78 is 5.12. The molecule has 5 heteroatoms. The molecule has 1 aliphatic rings. The molecule has 1 aliphatic heterocycles. The van der Waals surface area contributed by atoms with E-state index >= 15 is 0 Å². The molecular formula is C11H22N2O3. The van der Waals surface area contributed by atoms with Gasteiger partial charge in [-0.15, -0.1) is 0 Å². The molecule has 1 saturated heterocycles. The zero-order valence-electron chi connectivity index (χ0n) is 10.1. The van der Waals surface area contributed by atoms with Gasteiger partial charge in [0.2, 0.25) is 5.91 Å². The molecule has 16 heavy (non-hydrogen) atoms. The molecule has 0 radical (unpaired) electrons. The van der Waals surface area contributed by atoms with E-state index < -0.39 is 6.10 Å². The summed E-state index contributed by atoms with van der Waals surface area (Å²) >= 11 is 0. The van der Waals surface area contributed by atoms with Crippen LogP contribution in [-0.2, 0) is 9.53 Å². The number of hydrogen-bond acceptors (Lipinski definition) is 4. The fourth-order valence-electron chi connectivity index (χ4n) is 1.79. The third kappa shape index (κ3) is 4.47. The number of nitrogens with zero attached hydrogens (tertiary/aromatic N) is 1. The first kappa shape index (κ1) is 13.4. The number of aliphatic hydroxyl groups excluding tert-OH is 1. The van der Waals surface area contributed by atoms with E-state index in [9.17, 15) is 9.90 Å². The van der Waals surface area contributed by atoms with E-state index in [1.807, 2.05) is 14.0 Å². The van der Waals surface area contributed by atoms with E-state index in [0.29, 0.717) is 32.2 Å². The number of rotatable bonds is 6. The Morgan fingerprint density at radius 3 is 3.06 bits per heavy atom. The summed E-state index contributed by atoms with van der Waals surface area (Å²) in [7, 11) is 1.81. The molecule has 2 N–H and O–H groups in total. The summed E-state index contributed by atoms with van der Waals surface area (Å²) in [5.41, 5.74) is 0. The Kier molecular flexibility index (Phi) is 5.73. The van der Waals surface area contributed by atoms with Gasteiger partial charge in [0, 0.05) is 39.2 Å². The van der Waals surface area contributed by atoms with Crippen LogP contribution in [0, 0.1) is 0 Å². The van der Waals surface area contributed by atoms with Gasteiger partial charge in [0.05, 0.1) is 12.7 Å². The summed E-state index contributed by atoms with van der Waals surface area (Å²) in [6, 6.07) is 0.291. The van der Waals surface area contributed by atoms with Crippen LogP contribution in [0.15, 0.2) is 0 Å². The van der Waals surface area contributed by atoms with Crippen molar-refractivity contribution in [1.29, 1.82) is 0 Å². The number of hydrogen-bond donors (Lipinski definition) is 2. The zero-order chi connectivity index (χ0) is 12.0. The van der Waals surface area contributed by atoms with E-state index in [4.69, 9.17) is 4.74 Å². The smallest absolute Gasteiger partial charge is 0.222 e. The summed E-state index contributed by atoms with van der Waals surface area (Å²) in [4.78, 5) is 13.0. The molecule has 1 heterocycles.